The zero-order valence-corrected chi connectivity index (χ0v) is 11.1. The van der Waals surface area contributed by atoms with Gasteiger partial charge in [-0.3, -0.25) is 0 Å². The fraction of sp³-hybridized carbons (Fsp3) is 0.538. The van der Waals surface area contributed by atoms with Crippen LogP contribution in [0.25, 0.3) is 0 Å². The Labute approximate surface area is 105 Å². The van der Waals surface area contributed by atoms with Crippen molar-refractivity contribution in [2.45, 2.75) is 31.0 Å². The van der Waals surface area contributed by atoms with Crippen molar-refractivity contribution in [1.29, 1.82) is 0 Å². The second-order valence-electron chi connectivity index (χ2n) is 4.15. The molecule has 0 radical (unpaired) electrons. The Kier molecular flexibility index (Phi) is 4.10. The van der Waals surface area contributed by atoms with Gasteiger partial charge in [-0.05, 0) is 30.5 Å². The average molecular weight is 285 g/mol. The van der Waals surface area contributed by atoms with E-state index in [0.717, 1.165) is 44.0 Å². The van der Waals surface area contributed by atoms with Crippen molar-refractivity contribution in [2.75, 3.05) is 13.2 Å². The van der Waals surface area contributed by atoms with Crippen LogP contribution in [0.5, 0.6) is 11.5 Å². The molecule has 0 fully saturated rings. The van der Waals surface area contributed by atoms with Gasteiger partial charge in [0.2, 0.25) is 0 Å². The highest BCUT2D eigenvalue weighted by Crippen LogP contribution is 2.30. The average Bonchev–Trinajstić information content (AvgIpc) is 2.50. The Bertz CT molecular complexity index is 350. The molecule has 0 bridgehead atoms. The predicted molar refractivity (Wildman–Crippen MR) is 68.8 cm³/mol. The molecule has 0 spiro atoms. The largest absolute Gasteiger partial charge is 0.490 e. The molecule has 1 unspecified atom stereocenters. The van der Waals surface area contributed by atoms with Crippen LogP contribution in [0.3, 0.4) is 0 Å². The molecule has 2 rings (SSSR count). The Balaban J connectivity index is 2.08. The summed E-state index contributed by atoms with van der Waals surface area (Å²) in [6.45, 7) is 3.68. The lowest BCUT2D eigenvalue weighted by molar-refractivity contribution is 0.297. The van der Waals surface area contributed by atoms with Crippen molar-refractivity contribution in [3.8, 4) is 11.5 Å². The number of benzene rings is 1. The molecule has 0 aliphatic carbocycles. The Morgan fingerprint density at radius 2 is 2.00 bits per heavy atom. The minimum Gasteiger partial charge on any atom is -0.490 e. The van der Waals surface area contributed by atoms with Crippen LogP contribution in [0.15, 0.2) is 18.2 Å². The maximum absolute atomic E-state index is 5.66. The van der Waals surface area contributed by atoms with Gasteiger partial charge in [0.05, 0.1) is 13.2 Å². The van der Waals surface area contributed by atoms with Crippen molar-refractivity contribution in [1.82, 2.24) is 0 Å². The van der Waals surface area contributed by atoms with E-state index in [-0.39, 0.29) is 0 Å². The highest BCUT2D eigenvalue weighted by molar-refractivity contribution is 9.09. The van der Waals surface area contributed by atoms with Gasteiger partial charge in [-0.1, -0.05) is 28.9 Å². The molecule has 0 N–H and O–H groups in total. The second-order valence-corrected chi connectivity index (χ2v) is 5.71. The summed E-state index contributed by atoms with van der Waals surface area (Å²) >= 11 is 3.56. The number of alkyl halides is 1. The lowest BCUT2D eigenvalue weighted by atomic mass is 10.1. The summed E-state index contributed by atoms with van der Waals surface area (Å²) in [5.41, 5.74) is 1.32. The van der Waals surface area contributed by atoms with Gasteiger partial charge in [0.1, 0.15) is 0 Å². The molecule has 0 saturated heterocycles. The third-order valence-corrected chi connectivity index (χ3v) is 3.10. The fourth-order valence-corrected chi connectivity index (χ4v) is 1.96. The number of halogens is 1. The van der Waals surface area contributed by atoms with E-state index in [1.54, 1.807) is 0 Å². The standard InChI is InChI=1S/C13H17BrO2/c1-10(14)3-4-11-5-6-12-13(9-11)16-8-2-7-15-12/h5-6,9-10H,2-4,7-8H2,1H3. The zero-order valence-electron chi connectivity index (χ0n) is 9.54. The van der Waals surface area contributed by atoms with Crippen molar-refractivity contribution in [3.05, 3.63) is 23.8 Å². The van der Waals surface area contributed by atoms with Gasteiger partial charge in [-0.15, -0.1) is 0 Å². The van der Waals surface area contributed by atoms with Crippen LogP contribution in [-0.2, 0) is 6.42 Å². The first-order chi connectivity index (χ1) is 7.75. The minimum absolute atomic E-state index is 0.559. The summed E-state index contributed by atoms with van der Waals surface area (Å²) in [4.78, 5) is 0.559. The van der Waals surface area contributed by atoms with Gasteiger partial charge in [0.25, 0.3) is 0 Å². The topological polar surface area (TPSA) is 18.5 Å². The van der Waals surface area contributed by atoms with Gasteiger partial charge >= 0.3 is 0 Å². The molecule has 0 aromatic heterocycles. The first kappa shape index (κ1) is 11.8. The van der Waals surface area contributed by atoms with E-state index in [0.29, 0.717) is 4.83 Å². The lowest BCUT2D eigenvalue weighted by Gasteiger charge is -2.09. The van der Waals surface area contributed by atoms with Crippen LogP contribution in [0.4, 0.5) is 0 Å². The maximum atomic E-state index is 5.66. The molecule has 16 heavy (non-hydrogen) atoms. The first-order valence-corrected chi connectivity index (χ1v) is 6.70. The van der Waals surface area contributed by atoms with Crippen LogP contribution in [-0.4, -0.2) is 18.0 Å². The van der Waals surface area contributed by atoms with Crippen molar-refractivity contribution >= 4 is 15.9 Å². The highest BCUT2D eigenvalue weighted by Gasteiger charge is 2.10. The van der Waals surface area contributed by atoms with Gasteiger partial charge in [0, 0.05) is 11.2 Å². The summed E-state index contributed by atoms with van der Waals surface area (Å²) in [5, 5.41) is 0. The molecule has 1 aromatic carbocycles. The summed E-state index contributed by atoms with van der Waals surface area (Å²) in [6.07, 6.45) is 3.17. The summed E-state index contributed by atoms with van der Waals surface area (Å²) in [6, 6.07) is 6.26. The molecule has 1 aliphatic rings. The van der Waals surface area contributed by atoms with Gasteiger partial charge in [0.15, 0.2) is 11.5 Å². The van der Waals surface area contributed by atoms with Crippen LogP contribution in [0, 0.1) is 0 Å². The van der Waals surface area contributed by atoms with Crippen LogP contribution in [0.1, 0.15) is 25.3 Å². The number of hydrogen-bond donors (Lipinski definition) is 0. The van der Waals surface area contributed by atoms with Crippen LogP contribution in [0.2, 0.25) is 0 Å². The minimum atomic E-state index is 0.559. The van der Waals surface area contributed by atoms with Crippen LogP contribution >= 0.6 is 15.9 Å². The molecule has 0 amide bonds. The molecule has 0 saturated carbocycles. The summed E-state index contributed by atoms with van der Waals surface area (Å²) < 4.78 is 11.3. The number of hydrogen-bond acceptors (Lipinski definition) is 2. The third-order valence-electron chi connectivity index (χ3n) is 2.64. The van der Waals surface area contributed by atoms with E-state index in [1.165, 1.54) is 5.56 Å². The van der Waals surface area contributed by atoms with Crippen molar-refractivity contribution < 1.29 is 9.47 Å². The van der Waals surface area contributed by atoms with Crippen molar-refractivity contribution in [2.24, 2.45) is 0 Å². The Morgan fingerprint density at radius 3 is 2.75 bits per heavy atom. The van der Waals surface area contributed by atoms with E-state index in [2.05, 4.69) is 35.0 Å². The van der Waals surface area contributed by atoms with E-state index in [1.807, 2.05) is 6.07 Å². The first-order valence-electron chi connectivity index (χ1n) is 5.78. The highest BCUT2D eigenvalue weighted by atomic mass is 79.9. The fourth-order valence-electron chi connectivity index (χ4n) is 1.73. The smallest absolute Gasteiger partial charge is 0.161 e. The molecule has 88 valence electrons. The maximum Gasteiger partial charge on any atom is 0.161 e. The van der Waals surface area contributed by atoms with Crippen LogP contribution < -0.4 is 9.47 Å². The van der Waals surface area contributed by atoms with Gasteiger partial charge < -0.3 is 9.47 Å². The van der Waals surface area contributed by atoms with E-state index in [9.17, 15) is 0 Å². The lowest BCUT2D eigenvalue weighted by Crippen LogP contribution is -1.97. The number of aryl methyl sites for hydroxylation is 1. The molecule has 1 aliphatic heterocycles. The van der Waals surface area contributed by atoms with E-state index in [4.69, 9.17) is 9.47 Å². The molecular weight excluding hydrogens is 268 g/mol. The third kappa shape index (κ3) is 3.14. The summed E-state index contributed by atoms with van der Waals surface area (Å²) in [5.74, 6) is 1.78. The quantitative estimate of drug-likeness (QED) is 0.790. The zero-order chi connectivity index (χ0) is 11.4. The molecule has 2 nitrogen and oxygen atoms in total. The Hall–Kier alpha value is -0.700. The van der Waals surface area contributed by atoms with E-state index < -0.39 is 0 Å². The normalized spacial score (nSPS) is 16.6. The van der Waals surface area contributed by atoms with Gasteiger partial charge in [-0.25, -0.2) is 0 Å². The van der Waals surface area contributed by atoms with Crippen molar-refractivity contribution in [3.63, 3.8) is 0 Å². The molecule has 1 heterocycles. The Morgan fingerprint density at radius 1 is 1.25 bits per heavy atom. The molecule has 1 atom stereocenters. The SMILES string of the molecule is CC(Br)CCc1ccc2c(c1)OCCCO2. The van der Waals surface area contributed by atoms with Gasteiger partial charge in [-0.2, -0.15) is 0 Å². The monoisotopic (exact) mass is 284 g/mol. The second kappa shape index (κ2) is 5.58. The molecule has 3 heteroatoms. The van der Waals surface area contributed by atoms with E-state index >= 15 is 0 Å². The predicted octanol–water partition coefficient (Wildman–Crippen LogP) is 3.56. The molecule has 1 aromatic rings. The molecular formula is C13H17BrO2. The number of fused-ring (bicyclic) bond motifs is 1. The summed E-state index contributed by atoms with van der Waals surface area (Å²) in [7, 11) is 0. The number of ether oxygens (including phenoxy) is 2. The number of rotatable bonds is 3.